The van der Waals surface area contributed by atoms with Crippen LogP contribution in [-0.2, 0) is 6.54 Å². The maximum Gasteiger partial charge on any atom is 0.0795 e. The van der Waals surface area contributed by atoms with E-state index in [0.29, 0.717) is 18.0 Å². The molecule has 1 aliphatic heterocycles. The van der Waals surface area contributed by atoms with Crippen molar-refractivity contribution in [2.45, 2.75) is 64.6 Å². The van der Waals surface area contributed by atoms with E-state index in [1.807, 2.05) is 5.51 Å². The molecule has 4 heteroatoms. The van der Waals surface area contributed by atoms with Crippen molar-refractivity contribution in [2.75, 3.05) is 13.1 Å². The Bertz CT molecular complexity index is 412. The molecule has 2 aliphatic rings. The molecule has 3 nitrogen and oxygen atoms in total. The third kappa shape index (κ3) is 3.85. The number of nitrogens with zero attached hydrogens (tertiary/aromatic N) is 2. The molecule has 1 aromatic rings. The summed E-state index contributed by atoms with van der Waals surface area (Å²) in [5.41, 5.74) is 3.20. The van der Waals surface area contributed by atoms with Crippen molar-refractivity contribution in [1.82, 2.24) is 15.2 Å². The molecule has 2 unspecified atom stereocenters. The van der Waals surface area contributed by atoms with Crippen molar-refractivity contribution in [2.24, 2.45) is 11.8 Å². The zero-order valence-corrected chi connectivity index (χ0v) is 14.2. The van der Waals surface area contributed by atoms with Crippen molar-refractivity contribution in [3.05, 3.63) is 16.6 Å². The molecule has 1 aromatic heterocycles. The van der Waals surface area contributed by atoms with E-state index in [0.717, 1.165) is 19.0 Å². The summed E-state index contributed by atoms with van der Waals surface area (Å²) in [7, 11) is 0. The molecule has 1 N–H and O–H groups in total. The molecular formula is C17H29N3S. The van der Waals surface area contributed by atoms with Gasteiger partial charge in [0.25, 0.3) is 0 Å². The van der Waals surface area contributed by atoms with Crippen LogP contribution in [0.4, 0.5) is 0 Å². The quantitative estimate of drug-likeness (QED) is 0.922. The van der Waals surface area contributed by atoms with Gasteiger partial charge >= 0.3 is 0 Å². The van der Waals surface area contributed by atoms with Crippen LogP contribution in [0.2, 0.25) is 0 Å². The van der Waals surface area contributed by atoms with E-state index in [9.17, 15) is 0 Å². The molecule has 2 fully saturated rings. The number of thiazole rings is 1. The number of hydrogen-bond donors (Lipinski definition) is 1. The molecule has 2 heterocycles. The van der Waals surface area contributed by atoms with Gasteiger partial charge in [0, 0.05) is 37.1 Å². The topological polar surface area (TPSA) is 28.2 Å². The van der Waals surface area contributed by atoms with Gasteiger partial charge in [0.2, 0.25) is 0 Å². The monoisotopic (exact) mass is 307 g/mol. The number of nitrogens with one attached hydrogen (secondary N) is 1. The third-order valence-corrected chi connectivity index (χ3v) is 5.96. The molecule has 0 aromatic carbocycles. The zero-order chi connectivity index (χ0) is 14.7. The predicted molar refractivity (Wildman–Crippen MR) is 89.5 cm³/mol. The largest absolute Gasteiger partial charge is 0.311 e. The first kappa shape index (κ1) is 15.4. The smallest absolute Gasteiger partial charge is 0.0795 e. The van der Waals surface area contributed by atoms with E-state index in [2.05, 4.69) is 34.4 Å². The lowest BCUT2D eigenvalue weighted by molar-refractivity contribution is 0.0651. The second-order valence-electron chi connectivity index (χ2n) is 7.13. The number of aromatic nitrogens is 1. The summed E-state index contributed by atoms with van der Waals surface area (Å²) < 4.78 is 0. The summed E-state index contributed by atoms with van der Waals surface area (Å²) in [6.07, 6.45) is 7.16. The van der Waals surface area contributed by atoms with Gasteiger partial charge < -0.3 is 5.32 Å². The van der Waals surface area contributed by atoms with E-state index < -0.39 is 0 Å². The minimum absolute atomic E-state index is 0.645. The highest BCUT2D eigenvalue weighted by Gasteiger charge is 2.34. The van der Waals surface area contributed by atoms with Gasteiger partial charge in [-0.15, -0.1) is 11.3 Å². The molecule has 1 aliphatic carbocycles. The van der Waals surface area contributed by atoms with Crippen molar-refractivity contribution >= 4 is 11.3 Å². The third-order valence-electron chi connectivity index (χ3n) is 5.33. The van der Waals surface area contributed by atoms with Crippen LogP contribution in [0.25, 0.3) is 0 Å². The van der Waals surface area contributed by atoms with E-state index in [-0.39, 0.29) is 0 Å². The van der Waals surface area contributed by atoms with Crippen molar-refractivity contribution in [3.63, 3.8) is 0 Å². The Kier molecular flexibility index (Phi) is 5.30. The van der Waals surface area contributed by atoms with E-state index >= 15 is 0 Å². The van der Waals surface area contributed by atoms with Gasteiger partial charge in [-0.2, -0.15) is 0 Å². The highest BCUT2D eigenvalue weighted by Crippen LogP contribution is 2.29. The average Bonchev–Trinajstić information content (AvgIpc) is 3.01. The highest BCUT2D eigenvalue weighted by molar-refractivity contribution is 7.07. The molecule has 0 bridgehead atoms. The van der Waals surface area contributed by atoms with Gasteiger partial charge in [0.15, 0.2) is 0 Å². The van der Waals surface area contributed by atoms with Crippen molar-refractivity contribution in [1.29, 1.82) is 0 Å². The zero-order valence-electron chi connectivity index (χ0n) is 13.4. The van der Waals surface area contributed by atoms with Crippen LogP contribution in [0.3, 0.4) is 0 Å². The summed E-state index contributed by atoms with van der Waals surface area (Å²) >= 11 is 1.71. The molecule has 1 saturated carbocycles. The fourth-order valence-electron chi connectivity index (χ4n) is 4.07. The van der Waals surface area contributed by atoms with Crippen molar-refractivity contribution < 1.29 is 0 Å². The Morgan fingerprint density at radius 3 is 2.81 bits per heavy atom. The maximum atomic E-state index is 4.50. The fourth-order valence-corrected chi connectivity index (χ4v) is 4.62. The van der Waals surface area contributed by atoms with Gasteiger partial charge in [-0.1, -0.05) is 33.1 Å². The Labute approximate surface area is 133 Å². The molecular weight excluding hydrogens is 278 g/mol. The Hall–Kier alpha value is -0.450. The molecule has 3 rings (SSSR count). The first-order chi connectivity index (χ1) is 10.2. The van der Waals surface area contributed by atoms with Gasteiger partial charge in [0.1, 0.15) is 0 Å². The summed E-state index contributed by atoms with van der Waals surface area (Å²) in [5.74, 6) is 1.59. The average molecular weight is 308 g/mol. The Morgan fingerprint density at radius 1 is 1.33 bits per heavy atom. The maximum absolute atomic E-state index is 4.50. The van der Waals surface area contributed by atoms with Crippen LogP contribution < -0.4 is 5.32 Å². The van der Waals surface area contributed by atoms with Crippen LogP contribution in [0.15, 0.2) is 10.9 Å². The number of piperazine rings is 1. The van der Waals surface area contributed by atoms with E-state index in [4.69, 9.17) is 0 Å². The van der Waals surface area contributed by atoms with Crippen LogP contribution in [0, 0.1) is 11.8 Å². The van der Waals surface area contributed by atoms with Crippen molar-refractivity contribution in [3.8, 4) is 0 Å². The summed E-state index contributed by atoms with van der Waals surface area (Å²) in [6, 6.07) is 1.34. The number of rotatable bonds is 4. The molecule has 0 radical (unpaired) electrons. The Balaban J connectivity index is 1.65. The molecule has 118 valence electrons. The lowest BCUT2D eigenvalue weighted by Gasteiger charge is -2.45. The first-order valence-corrected chi connectivity index (χ1v) is 9.53. The van der Waals surface area contributed by atoms with Gasteiger partial charge in [-0.25, -0.2) is 4.98 Å². The summed E-state index contributed by atoms with van der Waals surface area (Å²) in [6.45, 7) is 8.06. The van der Waals surface area contributed by atoms with Crippen LogP contribution in [0.1, 0.15) is 51.6 Å². The standard InChI is InChI=1S/C17H29N3S/c1-13(2)17-8-18-16(14-6-4-3-5-7-14)10-20(17)9-15-11-21-12-19-15/h11-14,16-18H,3-10H2,1-2H3. The van der Waals surface area contributed by atoms with Crippen LogP contribution >= 0.6 is 11.3 Å². The molecule has 1 saturated heterocycles. The molecule has 2 atom stereocenters. The Morgan fingerprint density at radius 2 is 2.14 bits per heavy atom. The van der Waals surface area contributed by atoms with E-state index in [1.54, 1.807) is 11.3 Å². The lowest BCUT2D eigenvalue weighted by Crippen LogP contribution is -2.60. The SMILES string of the molecule is CC(C)C1CNC(C2CCCCC2)CN1Cc1cscn1. The predicted octanol–water partition coefficient (Wildman–Crippen LogP) is 3.52. The minimum Gasteiger partial charge on any atom is -0.311 e. The second-order valence-corrected chi connectivity index (χ2v) is 7.85. The van der Waals surface area contributed by atoms with Gasteiger partial charge in [0.05, 0.1) is 11.2 Å². The fraction of sp³-hybridized carbons (Fsp3) is 0.824. The van der Waals surface area contributed by atoms with Crippen LogP contribution in [0.5, 0.6) is 0 Å². The van der Waals surface area contributed by atoms with Crippen LogP contribution in [-0.4, -0.2) is 35.1 Å². The molecule has 0 spiro atoms. The highest BCUT2D eigenvalue weighted by atomic mass is 32.1. The first-order valence-electron chi connectivity index (χ1n) is 8.58. The second kappa shape index (κ2) is 7.21. The molecule has 21 heavy (non-hydrogen) atoms. The summed E-state index contributed by atoms with van der Waals surface area (Å²) in [4.78, 5) is 7.19. The molecule has 0 amide bonds. The van der Waals surface area contributed by atoms with E-state index in [1.165, 1.54) is 44.3 Å². The summed E-state index contributed by atoms with van der Waals surface area (Å²) in [5, 5.41) is 6.07. The van der Waals surface area contributed by atoms with Gasteiger partial charge in [-0.3, -0.25) is 4.90 Å². The normalized spacial score (nSPS) is 29.1. The van der Waals surface area contributed by atoms with Gasteiger partial charge in [-0.05, 0) is 24.7 Å². The minimum atomic E-state index is 0.645. The number of hydrogen-bond acceptors (Lipinski definition) is 4. The lowest BCUT2D eigenvalue weighted by atomic mass is 9.82.